The summed E-state index contributed by atoms with van der Waals surface area (Å²) in [7, 11) is 0. The predicted octanol–water partition coefficient (Wildman–Crippen LogP) is 9.26. The topological polar surface area (TPSA) is 27.7 Å². The molecule has 0 aliphatic heterocycles. The Labute approximate surface area is 213 Å². The van der Waals surface area contributed by atoms with E-state index in [-0.39, 0.29) is 30.0 Å². The Kier molecular flexibility index (Phi) is 12.4. The Bertz CT molecular complexity index is 818. The highest BCUT2D eigenvalue weighted by atomic mass is 19.1. The van der Waals surface area contributed by atoms with E-state index < -0.39 is 5.97 Å². The molecule has 0 saturated heterocycles. The molecule has 0 bridgehead atoms. The minimum absolute atomic E-state index is 0.0638. The maximum absolute atomic E-state index is 13.8. The van der Waals surface area contributed by atoms with Gasteiger partial charge in [0, 0.05) is 0 Å². The Morgan fingerprint density at radius 1 is 0.686 bits per heavy atom. The van der Waals surface area contributed by atoms with E-state index in [2.05, 4.69) is 31.2 Å². The van der Waals surface area contributed by atoms with Gasteiger partial charge in [-0.2, -0.15) is 0 Å². The first kappa shape index (κ1) is 29.5. The minimum atomic E-state index is -1.18. The van der Waals surface area contributed by atoms with Crippen LogP contribution in [0.5, 0.6) is 0 Å². The lowest BCUT2D eigenvalue weighted by Crippen LogP contribution is -2.49. The average Bonchev–Trinajstić information content (AvgIpc) is 2.77. The molecule has 0 heterocycles. The maximum atomic E-state index is 13.8. The summed E-state index contributed by atoms with van der Waals surface area (Å²) in [6.45, 7) is 14.4. The van der Waals surface area contributed by atoms with Gasteiger partial charge in [0.15, 0.2) is 0 Å². The standard InChI is InChI=1S/C31H47FO3/c1-8-9-10-11-12-13-17-30(31(33-23(2)3,34-24(4)5)35-25(6)7)27-20-18-26(19-21-27)28-15-14-16-29(32)22-28/h14-16,18-25,30H,8-13,17H2,1-7H3. The number of unbranched alkanes of at least 4 members (excludes halogenated alkanes) is 5. The summed E-state index contributed by atoms with van der Waals surface area (Å²) in [5.41, 5.74) is 2.96. The van der Waals surface area contributed by atoms with Crippen molar-refractivity contribution in [2.75, 3.05) is 0 Å². The van der Waals surface area contributed by atoms with Crippen LogP contribution < -0.4 is 0 Å². The molecule has 3 nitrogen and oxygen atoms in total. The highest BCUT2D eigenvalue weighted by Gasteiger charge is 2.46. The first-order chi connectivity index (χ1) is 16.7. The predicted molar refractivity (Wildman–Crippen MR) is 144 cm³/mol. The molecule has 0 radical (unpaired) electrons. The SMILES string of the molecule is CCCCCCCCC(c1ccc(-c2cccc(F)c2)cc1)C(OC(C)C)(OC(C)C)OC(C)C. The van der Waals surface area contributed by atoms with Crippen molar-refractivity contribution >= 4 is 0 Å². The van der Waals surface area contributed by atoms with Crippen molar-refractivity contribution in [2.24, 2.45) is 0 Å². The number of benzene rings is 2. The van der Waals surface area contributed by atoms with Crippen LogP contribution in [-0.2, 0) is 14.2 Å². The third kappa shape index (κ3) is 9.67. The number of rotatable bonds is 16. The van der Waals surface area contributed by atoms with Crippen molar-refractivity contribution in [3.05, 3.63) is 59.9 Å². The molecule has 0 aromatic heterocycles. The lowest BCUT2D eigenvalue weighted by Gasteiger charge is -2.43. The number of hydrogen-bond acceptors (Lipinski definition) is 3. The van der Waals surface area contributed by atoms with Crippen molar-refractivity contribution < 1.29 is 18.6 Å². The van der Waals surface area contributed by atoms with Crippen molar-refractivity contribution in [1.82, 2.24) is 0 Å². The molecule has 1 atom stereocenters. The largest absolute Gasteiger partial charge is 0.324 e. The number of halogens is 1. The molecule has 0 aliphatic rings. The van der Waals surface area contributed by atoms with E-state index in [1.165, 1.54) is 38.2 Å². The smallest absolute Gasteiger partial charge is 0.290 e. The Hall–Kier alpha value is -1.75. The second-order valence-corrected chi connectivity index (χ2v) is 10.3. The maximum Gasteiger partial charge on any atom is 0.290 e. The molecule has 0 amide bonds. The Morgan fingerprint density at radius 3 is 1.74 bits per heavy atom. The fraction of sp³-hybridized carbons (Fsp3) is 0.613. The van der Waals surface area contributed by atoms with Gasteiger partial charge in [-0.3, -0.25) is 0 Å². The van der Waals surface area contributed by atoms with Gasteiger partial charge in [-0.25, -0.2) is 4.39 Å². The van der Waals surface area contributed by atoms with Gasteiger partial charge in [-0.05, 0) is 76.8 Å². The fourth-order valence-corrected chi connectivity index (χ4v) is 4.57. The van der Waals surface area contributed by atoms with Gasteiger partial charge in [0.05, 0.1) is 24.2 Å². The molecule has 0 N–H and O–H groups in total. The van der Waals surface area contributed by atoms with Crippen molar-refractivity contribution in [2.45, 2.75) is 124 Å². The molecular formula is C31H47FO3. The molecule has 2 aromatic rings. The monoisotopic (exact) mass is 486 g/mol. The van der Waals surface area contributed by atoms with Crippen LogP contribution in [0.15, 0.2) is 48.5 Å². The van der Waals surface area contributed by atoms with Crippen LogP contribution in [0.4, 0.5) is 4.39 Å². The van der Waals surface area contributed by atoms with Gasteiger partial charge < -0.3 is 14.2 Å². The van der Waals surface area contributed by atoms with Crippen molar-refractivity contribution in [3.63, 3.8) is 0 Å². The van der Waals surface area contributed by atoms with Crippen LogP contribution in [0.2, 0.25) is 0 Å². The molecule has 0 aliphatic carbocycles. The third-order valence-corrected chi connectivity index (χ3v) is 5.94. The van der Waals surface area contributed by atoms with E-state index in [1.807, 2.05) is 47.6 Å². The highest BCUT2D eigenvalue weighted by Crippen LogP contribution is 2.41. The van der Waals surface area contributed by atoms with E-state index in [0.717, 1.165) is 29.5 Å². The zero-order valence-electron chi connectivity index (χ0n) is 23.0. The average molecular weight is 487 g/mol. The van der Waals surface area contributed by atoms with Crippen LogP contribution in [-0.4, -0.2) is 24.3 Å². The summed E-state index contributed by atoms with van der Waals surface area (Å²) in [6, 6.07) is 15.1. The lowest BCUT2D eigenvalue weighted by atomic mass is 9.88. The minimum Gasteiger partial charge on any atom is -0.324 e. The van der Waals surface area contributed by atoms with E-state index in [9.17, 15) is 4.39 Å². The van der Waals surface area contributed by atoms with Crippen molar-refractivity contribution in [3.8, 4) is 11.1 Å². The third-order valence-electron chi connectivity index (χ3n) is 5.94. The van der Waals surface area contributed by atoms with E-state index in [1.54, 1.807) is 12.1 Å². The number of hydrogen-bond donors (Lipinski definition) is 0. The quantitative estimate of drug-likeness (QED) is 0.175. The first-order valence-electron chi connectivity index (χ1n) is 13.6. The van der Waals surface area contributed by atoms with E-state index in [4.69, 9.17) is 14.2 Å². The van der Waals surface area contributed by atoms with Crippen LogP contribution in [0.25, 0.3) is 11.1 Å². The summed E-state index contributed by atoms with van der Waals surface area (Å²) < 4.78 is 33.3. The fourth-order valence-electron chi connectivity index (χ4n) is 4.57. The van der Waals surface area contributed by atoms with Gasteiger partial charge >= 0.3 is 0 Å². The van der Waals surface area contributed by atoms with E-state index in [0.29, 0.717) is 0 Å². The normalized spacial score (nSPS) is 13.2. The van der Waals surface area contributed by atoms with Crippen LogP contribution in [0, 0.1) is 5.82 Å². The molecule has 0 spiro atoms. The zero-order valence-corrected chi connectivity index (χ0v) is 23.0. The van der Waals surface area contributed by atoms with Gasteiger partial charge in [0.1, 0.15) is 5.82 Å². The molecule has 2 aromatic carbocycles. The van der Waals surface area contributed by atoms with Gasteiger partial charge in [-0.15, -0.1) is 0 Å². The lowest BCUT2D eigenvalue weighted by molar-refractivity contribution is -0.420. The summed E-state index contributed by atoms with van der Waals surface area (Å²) >= 11 is 0. The van der Waals surface area contributed by atoms with Crippen molar-refractivity contribution in [1.29, 1.82) is 0 Å². The molecule has 0 fully saturated rings. The molecule has 0 saturated carbocycles. The molecule has 4 heteroatoms. The number of ether oxygens (including phenoxy) is 3. The Balaban J connectivity index is 2.42. The van der Waals surface area contributed by atoms with Gasteiger partial charge in [0.25, 0.3) is 5.97 Å². The molecule has 196 valence electrons. The van der Waals surface area contributed by atoms with Crippen LogP contribution in [0.3, 0.4) is 0 Å². The second-order valence-electron chi connectivity index (χ2n) is 10.3. The van der Waals surface area contributed by atoms with Gasteiger partial charge in [0.2, 0.25) is 0 Å². The van der Waals surface area contributed by atoms with Gasteiger partial charge in [-0.1, -0.05) is 81.8 Å². The molecule has 35 heavy (non-hydrogen) atoms. The first-order valence-corrected chi connectivity index (χ1v) is 13.6. The summed E-state index contributed by atoms with van der Waals surface area (Å²) in [6.07, 6.45) is 8.02. The molecule has 1 unspecified atom stereocenters. The van der Waals surface area contributed by atoms with Crippen LogP contribution >= 0.6 is 0 Å². The molecule has 2 rings (SSSR count). The summed E-state index contributed by atoms with van der Waals surface area (Å²) in [4.78, 5) is 0. The zero-order chi connectivity index (χ0) is 25.8. The molecular weight excluding hydrogens is 439 g/mol. The second kappa shape index (κ2) is 14.7. The summed E-state index contributed by atoms with van der Waals surface area (Å²) in [5, 5.41) is 0. The van der Waals surface area contributed by atoms with E-state index >= 15 is 0 Å². The highest BCUT2D eigenvalue weighted by molar-refractivity contribution is 5.63. The Morgan fingerprint density at radius 2 is 1.23 bits per heavy atom. The van der Waals surface area contributed by atoms with Crippen LogP contribution in [0.1, 0.15) is 105 Å². The summed E-state index contributed by atoms with van der Waals surface area (Å²) in [5.74, 6) is -1.50.